The van der Waals surface area contributed by atoms with Gasteiger partial charge in [0.1, 0.15) is 0 Å². The van der Waals surface area contributed by atoms with Gasteiger partial charge in [-0.3, -0.25) is 0 Å². The van der Waals surface area contributed by atoms with Crippen molar-refractivity contribution in [3.05, 3.63) is 43.3 Å². The molecular weight excluding hydrogens is 238 g/mol. The predicted octanol–water partition coefficient (Wildman–Crippen LogP) is 1.26. The molecule has 4 heteroatoms. The molecule has 4 N–H and O–H groups in total. The number of hydrogen-bond donors (Lipinski definition) is 3. The minimum absolute atomic E-state index is 0. The van der Waals surface area contributed by atoms with Crippen LogP contribution in [-0.4, -0.2) is 31.0 Å². The maximum absolute atomic E-state index is 7.00. The SMILES string of the molecule is CO.CO.[CH2-]CCCN.[Ti+2].[c-]1ccccc1. The molecule has 0 aliphatic heterocycles. The molecule has 0 aliphatic carbocycles. The van der Waals surface area contributed by atoms with Gasteiger partial charge >= 0.3 is 21.7 Å². The normalized spacial score (nSPS) is 6.38. The second kappa shape index (κ2) is 36.4. The summed E-state index contributed by atoms with van der Waals surface area (Å²) in [5.74, 6) is 0. The summed E-state index contributed by atoms with van der Waals surface area (Å²) in [6.45, 7) is 4.38. The van der Waals surface area contributed by atoms with E-state index in [2.05, 4.69) is 13.0 Å². The number of aliphatic hydroxyl groups excluding tert-OH is 2. The molecule has 0 aliphatic rings. The van der Waals surface area contributed by atoms with Gasteiger partial charge in [-0.05, 0) is 6.54 Å². The Morgan fingerprint density at radius 3 is 1.56 bits per heavy atom. The van der Waals surface area contributed by atoms with Crippen molar-refractivity contribution >= 4 is 0 Å². The Balaban J connectivity index is -0.0000000664. The van der Waals surface area contributed by atoms with E-state index < -0.39 is 0 Å². The van der Waals surface area contributed by atoms with Gasteiger partial charge in [-0.1, -0.05) is 6.42 Å². The zero-order chi connectivity index (χ0) is 12.4. The minimum Gasteiger partial charge on any atom is -0.400 e. The second-order valence-corrected chi connectivity index (χ2v) is 2.07. The van der Waals surface area contributed by atoms with Gasteiger partial charge in [0.15, 0.2) is 0 Å². The summed E-state index contributed by atoms with van der Waals surface area (Å²) < 4.78 is 0. The third-order valence-corrected chi connectivity index (χ3v) is 1.06. The monoisotopic (exact) mass is 261 g/mol. The van der Waals surface area contributed by atoms with E-state index in [0.29, 0.717) is 0 Å². The van der Waals surface area contributed by atoms with E-state index in [4.69, 9.17) is 15.9 Å². The molecule has 0 bridgehead atoms. The third kappa shape index (κ3) is 37.1. The van der Waals surface area contributed by atoms with Crippen molar-refractivity contribution in [2.24, 2.45) is 5.73 Å². The molecule has 0 aromatic heterocycles. The first-order valence-electron chi connectivity index (χ1n) is 4.71. The zero-order valence-corrected chi connectivity index (χ0v) is 11.7. The molecule has 1 rings (SSSR count). The van der Waals surface area contributed by atoms with Crippen molar-refractivity contribution in [1.29, 1.82) is 0 Å². The second-order valence-electron chi connectivity index (χ2n) is 2.07. The summed E-state index contributed by atoms with van der Waals surface area (Å²) in [6.07, 6.45) is 2.02. The first kappa shape index (κ1) is 24.9. The van der Waals surface area contributed by atoms with Crippen LogP contribution < -0.4 is 5.73 Å². The summed E-state index contributed by atoms with van der Waals surface area (Å²) in [4.78, 5) is 0. The summed E-state index contributed by atoms with van der Waals surface area (Å²) in [7, 11) is 2.00. The van der Waals surface area contributed by atoms with Gasteiger partial charge in [0.2, 0.25) is 0 Å². The van der Waals surface area contributed by atoms with Crippen molar-refractivity contribution < 1.29 is 31.9 Å². The molecule has 16 heavy (non-hydrogen) atoms. The van der Waals surface area contributed by atoms with E-state index >= 15 is 0 Å². The Hall–Kier alpha value is -0.186. The molecule has 1 aromatic carbocycles. The summed E-state index contributed by atoms with van der Waals surface area (Å²) in [5.41, 5.74) is 5.10. The van der Waals surface area contributed by atoms with Crippen LogP contribution in [0.1, 0.15) is 12.8 Å². The Bertz CT molecular complexity index is 122. The van der Waals surface area contributed by atoms with Crippen molar-refractivity contribution in [3.63, 3.8) is 0 Å². The number of benzene rings is 1. The molecule has 0 spiro atoms. The molecule has 0 saturated carbocycles. The summed E-state index contributed by atoms with van der Waals surface area (Å²) in [6, 6.07) is 12.5. The predicted molar refractivity (Wildman–Crippen MR) is 65.2 cm³/mol. The van der Waals surface area contributed by atoms with Gasteiger partial charge in [0, 0.05) is 14.2 Å². The molecule has 0 heterocycles. The van der Waals surface area contributed by atoms with Gasteiger partial charge in [-0.15, -0.1) is 0 Å². The molecule has 0 saturated heterocycles. The molecule has 3 nitrogen and oxygen atoms in total. The van der Waals surface area contributed by atoms with Gasteiger partial charge in [0.25, 0.3) is 0 Å². The van der Waals surface area contributed by atoms with Crippen LogP contribution in [-0.2, 0) is 21.7 Å². The Labute approximate surface area is 115 Å². The number of hydrogen-bond acceptors (Lipinski definition) is 3. The fraction of sp³-hybridized carbons (Fsp3) is 0.417. The topological polar surface area (TPSA) is 66.5 Å². The van der Waals surface area contributed by atoms with E-state index in [1.165, 1.54) is 0 Å². The van der Waals surface area contributed by atoms with Crippen LogP contribution in [0.5, 0.6) is 0 Å². The third-order valence-electron chi connectivity index (χ3n) is 1.06. The standard InChI is InChI=1S/C6H5.C4H10N.2CH4O.Ti/c1-2-4-6-5-3-1;1-2-3-4-5;2*1-2;/h1-5H;1-5H2;2*2H,1H3;/q2*-1;;;+2. The number of unbranched alkanes of at least 4 members (excludes halogenated alkanes) is 1. The zero-order valence-electron chi connectivity index (χ0n) is 10.2. The Morgan fingerprint density at radius 2 is 1.50 bits per heavy atom. The van der Waals surface area contributed by atoms with E-state index in [1.54, 1.807) is 0 Å². The fourth-order valence-electron chi connectivity index (χ4n) is 0.486. The van der Waals surface area contributed by atoms with Crippen LogP contribution in [0.4, 0.5) is 0 Å². The molecule has 0 atom stereocenters. The van der Waals surface area contributed by atoms with Gasteiger partial charge in [0.05, 0.1) is 0 Å². The Morgan fingerprint density at radius 1 is 1.06 bits per heavy atom. The van der Waals surface area contributed by atoms with Crippen molar-refractivity contribution in [2.45, 2.75) is 12.8 Å². The van der Waals surface area contributed by atoms with E-state index in [0.717, 1.165) is 33.6 Å². The van der Waals surface area contributed by atoms with E-state index in [1.807, 2.05) is 30.3 Å². The first-order chi connectivity index (χ1) is 7.41. The van der Waals surface area contributed by atoms with Crippen LogP contribution in [0.3, 0.4) is 0 Å². The molecule has 0 fully saturated rings. The Kier molecular flexibility index (Phi) is 56.6. The maximum Gasteiger partial charge on any atom is 2.00 e. The van der Waals surface area contributed by atoms with Gasteiger partial charge < -0.3 is 22.9 Å². The average Bonchev–Trinajstić information content (AvgIpc) is 2.38. The van der Waals surface area contributed by atoms with Crippen LogP contribution in [0.2, 0.25) is 0 Å². The number of aliphatic hydroxyl groups is 2. The smallest absolute Gasteiger partial charge is 0.400 e. The molecular formula is C12H23NO2Ti. The molecule has 0 amide bonds. The molecule has 1 aromatic rings. The molecule has 0 unspecified atom stereocenters. The summed E-state index contributed by atoms with van der Waals surface area (Å²) >= 11 is 0. The van der Waals surface area contributed by atoms with Crippen LogP contribution in [0, 0.1) is 13.0 Å². The number of rotatable bonds is 2. The van der Waals surface area contributed by atoms with Crippen LogP contribution in [0.15, 0.2) is 30.3 Å². The molecule has 0 radical (unpaired) electrons. The number of nitrogens with two attached hydrogens (primary N) is 1. The fourth-order valence-corrected chi connectivity index (χ4v) is 0.486. The van der Waals surface area contributed by atoms with Gasteiger partial charge in [-0.2, -0.15) is 42.8 Å². The van der Waals surface area contributed by atoms with Gasteiger partial charge in [-0.25, -0.2) is 0 Å². The summed E-state index contributed by atoms with van der Waals surface area (Å²) in [5, 5.41) is 14.0. The van der Waals surface area contributed by atoms with Crippen LogP contribution >= 0.6 is 0 Å². The molecule has 92 valence electrons. The van der Waals surface area contributed by atoms with E-state index in [-0.39, 0.29) is 21.7 Å². The first-order valence-corrected chi connectivity index (χ1v) is 4.71. The quantitative estimate of drug-likeness (QED) is 0.554. The largest absolute Gasteiger partial charge is 2.00 e. The maximum atomic E-state index is 7.00. The van der Waals surface area contributed by atoms with Crippen molar-refractivity contribution in [1.82, 2.24) is 0 Å². The van der Waals surface area contributed by atoms with E-state index in [9.17, 15) is 0 Å². The van der Waals surface area contributed by atoms with Crippen molar-refractivity contribution in [2.75, 3.05) is 20.8 Å². The minimum atomic E-state index is 0. The average molecular weight is 261 g/mol. The van der Waals surface area contributed by atoms with Crippen LogP contribution in [0.25, 0.3) is 0 Å². The van der Waals surface area contributed by atoms with Crippen molar-refractivity contribution in [3.8, 4) is 0 Å².